The van der Waals surface area contributed by atoms with Crippen molar-refractivity contribution in [2.24, 2.45) is 0 Å². The largest absolute Gasteiger partial charge is 0.207 e. The van der Waals surface area contributed by atoms with Gasteiger partial charge in [0.15, 0.2) is 0 Å². The molecule has 0 saturated heterocycles. The summed E-state index contributed by atoms with van der Waals surface area (Å²) in [6.45, 7) is 6.46. The van der Waals surface area contributed by atoms with Crippen LogP contribution in [0.25, 0.3) is 31.3 Å². The summed E-state index contributed by atoms with van der Waals surface area (Å²) in [4.78, 5) is 2.58. The number of hydrogen-bond donors (Lipinski definition) is 0. The molecule has 4 aromatic rings. The van der Waals surface area contributed by atoms with E-state index in [-0.39, 0.29) is 5.82 Å². The zero-order valence-electron chi connectivity index (χ0n) is 13.4. The van der Waals surface area contributed by atoms with Gasteiger partial charge < -0.3 is 0 Å². The summed E-state index contributed by atoms with van der Waals surface area (Å²) in [6, 6.07) is 11.9. The van der Waals surface area contributed by atoms with Crippen LogP contribution in [0.15, 0.2) is 36.4 Å². The molecule has 0 radical (unpaired) electrons. The molecule has 0 atom stereocenters. The third-order valence-corrected chi connectivity index (χ3v) is 6.58. The molecule has 0 fully saturated rings. The van der Waals surface area contributed by atoms with Gasteiger partial charge in [-0.05, 0) is 55.0 Å². The summed E-state index contributed by atoms with van der Waals surface area (Å²) in [7, 11) is 0. The van der Waals surface area contributed by atoms with Crippen LogP contribution >= 0.6 is 22.7 Å². The smallest absolute Gasteiger partial charge is 0.125 e. The molecule has 0 spiro atoms. The number of aryl methyl sites for hydroxylation is 3. The molecule has 4 rings (SSSR count). The van der Waals surface area contributed by atoms with Gasteiger partial charge in [-0.1, -0.05) is 25.1 Å². The maximum atomic E-state index is 14.2. The Labute approximate surface area is 143 Å². The Morgan fingerprint density at radius 1 is 0.957 bits per heavy atom. The molecule has 2 aromatic carbocycles. The van der Waals surface area contributed by atoms with Crippen LogP contribution in [-0.2, 0) is 6.42 Å². The van der Waals surface area contributed by atoms with E-state index in [2.05, 4.69) is 45.0 Å². The van der Waals surface area contributed by atoms with E-state index >= 15 is 0 Å². The van der Waals surface area contributed by atoms with Crippen LogP contribution in [-0.4, -0.2) is 0 Å². The monoisotopic (exact) mass is 340 g/mol. The van der Waals surface area contributed by atoms with Gasteiger partial charge in [-0.25, -0.2) is 4.39 Å². The topological polar surface area (TPSA) is 0 Å². The van der Waals surface area contributed by atoms with Crippen molar-refractivity contribution in [1.82, 2.24) is 0 Å². The second-order valence-corrected chi connectivity index (χ2v) is 8.41. The van der Waals surface area contributed by atoms with E-state index in [9.17, 15) is 4.39 Å². The normalized spacial score (nSPS) is 11.7. The Kier molecular flexibility index (Phi) is 3.51. The Hall–Kier alpha value is -1.71. The van der Waals surface area contributed by atoms with Crippen LogP contribution in [0.1, 0.15) is 22.2 Å². The quantitative estimate of drug-likeness (QED) is 0.365. The molecule has 0 aliphatic carbocycles. The lowest BCUT2D eigenvalue weighted by Crippen LogP contribution is -1.84. The summed E-state index contributed by atoms with van der Waals surface area (Å²) in [5, 5.41) is 2.47. The second-order valence-electron chi connectivity index (χ2n) is 5.89. The number of benzene rings is 2. The van der Waals surface area contributed by atoms with Crippen molar-refractivity contribution in [2.75, 3.05) is 0 Å². The van der Waals surface area contributed by atoms with Crippen molar-refractivity contribution >= 4 is 42.8 Å². The Balaban J connectivity index is 2.11. The highest BCUT2D eigenvalue weighted by Gasteiger charge is 2.15. The lowest BCUT2D eigenvalue weighted by molar-refractivity contribution is 0.630. The van der Waals surface area contributed by atoms with Crippen molar-refractivity contribution in [3.63, 3.8) is 0 Å². The highest BCUT2D eigenvalue weighted by Crippen LogP contribution is 2.42. The molecular weight excluding hydrogens is 323 g/mol. The molecule has 0 amide bonds. The predicted octanol–water partition coefficient (Wildman–Crippen LogP) is 7.10. The van der Waals surface area contributed by atoms with Crippen LogP contribution < -0.4 is 0 Å². The van der Waals surface area contributed by atoms with Gasteiger partial charge in [0, 0.05) is 30.1 Å². The number of fused-ring (bicyclic) bond motifs is 2. The first-order chi connectivity index (χ1) is 11.1. The first kappa shape index (κ1) is 14.9. The molecule has 3 heteroatoms. The second kappa shape index (κ2) is 5.43. The Bertz CT molecular complexity index is 1040. The van der Waals surface area contributed by atoms with Gasteiger partial charge in [-0.3, -0.25) is 0 Å². The van der Waals surface area contributed by atoms with Gasteiger partial charge >= 0.3 is 0 Å². The van der Waals surface area contributed by atoms with E-state index in [1.54, 1.807) is 23.5 Å². The molecule has 0 aliphatic heterocycles. The number of halogens is 1. The SMILES string of the molecule is CCc1c(C)sc2c(-c3cc(F)cc4sc(C)cc34)cccc12. The predicted molar refractivity (Wildman–Crippen MR) is 101 cm³/mol. The first-order valence-corrected chi connectivity index (χ1v) is 9.43. The van der Waals surface area contributed by atoms with Gasteiger partial charge in [0.05, 0.1) is 0 Å². The minimum Gasteiger partial charge on any atom is -0.207 e. The summed E-state index contributed by atoms with van der Waals surface area (Å²) in [5.41, 5.74) is 3.58. The zero-order valence-corrected chi connectivity index (χ0v) is 15.0. The average molecular weight is 340 g/mol. The number of rotatable bonds is 2. The molecule has 2 heterocycles. The van der Waals surface area contributed by atoms with Gasteiger partial charge in [0.25, 0.3) is 0 Å². The average Bonchev–Trinajstić information content (AvgIpc) is 3.04. The first-order valence-electron chi connectivity index (χ1n) is 7.79. The highest BCUT2D eigenvalue weighted by molar-refractivity contribution is 7.20. The fraction of sp³-hybridized carbons (Fsp3) is 0.200. The molecule has 0 bridgehead atoms. The Morgan fingerprint density at radius 2 is 1.78 bits per heavy atom. The summed E-state index contributed by atoms with van der Waals surface area (Å²) in [6.07, 6.45) is 1.03. The Morgan fingerprint density at radius 3 is 2.57 bits per heavy atom. The van der Waals surface area contributed by atoms with Crippen LogP contribution in [0.5, 0.6) is 0 Å². The van der Waals surface area contributed by atoms with Crippen molar-refractivity contribution in [3.05, 3.63) is 57.5 Å². The molecular formula is C20H17FS2. The number of thiophene rings is 2. The third kappa shape index (κ3) is 2.30. The molecule has 116 valence electrons. The molecule has 0 unspecified atom stereocenters. The van der Waals surface area contributed by atoms with E-state index in [1.165, 1.54) is 25.4 Å². The summed E-state index contributed by atoms with van der Waals surface area (Å²) in [5.74, 6) is -0.157. The van der Waals surface area contributed by atoms with Gasteiger partial charge in [-0.2, -0.15) is 0 Å². The van der Waals surface area contributed by atoms with Crippen LogP contribution in [0, 0.1) is 19.7 Å². The van der Waals surface area contributed by atoms with Crippen LogP contribution in [0.2, 0.25) is 0 Å². The summed E-state index contributed by atoms with van der Waals surface area (Å²) >= 11 is 3.48. The minimum absolute atomic E-state index is 0.157. The van der Waals surface area contributed by atoms with E-state index in [0.29, 0.717) is 0 Å². The maximum absolute atomic E-state index is 14.2. The standard InChI is InChI=1S/C20H17FS2/c1-4-14-12(3)23-20-15(14)6-5-7-16(20)17-9-13(21)10-19-18(17)8-11(2)22-19/h5-10H,4H2,1-3H3. The fourth-order valence-corrected chi connectivity index (χ4v) is 5.64. The minimum atomic E-state index is -0.157. The third-order valence-electron chi connectivity index (χ3n) is 4.39. The molecule has 0 N–H and O–H groups in total. The van der Waals surface area contributed by atoms with Crippen molar-refractivity contribution in [3.8, 4) is 11.1 Å². The highest BCUT2D eigenvalue weighted by atomic mass is 32.1. The van der Waals surface area contributed by atoms with Crippen LogP contribution in [0.4, 0.5) is 4.39 Å². The summed E-state index contributed by atoms with van der Waals surface area (Å²) < 4.78 is 16.5. The molecule has 0 nitrogen and oxygen atoms in total. The van der Waals surface area contributed by atoms with E-state index in [0.717, 1.165) is 27.6 Å². The van der Waals surface area contributed by atoms with E-state index < -0.39 is 0 Å². The zero-order chi connectivity index (χ0) is 16.1. The van der Waals surface area contributed by atoms with Gasteiger partial charge in [0.1, 0.15) is 5.82 Å². The van der Waals surface area contributed by atoms with E-state index in [4.69, 9.17) is 0 Å². The molecule has 0 saturated carbocycles. The fourth-order valence-electron chi connectivity index (χ4n) is 3.40. The molecule has 0 aliphatic rings. The molecule has 2 aromatic heterocycles. The lowest BCUT2D eigenvalue weighted by Gasteiger charge is -2.07. The van der Waals surface area contributed by atoms with Crippen LogP contribution in [0.3, 0.4) is 0 Å². The lowest BCUT2D eigenvalue weighted by atomic mass is 9.98. The van der Waals surface area contributed by atoms with Gasteiger partial charge in [0.2, 0.25) is 0 Å². The molecule has 23 heavy (non-hydrogen) atoms. The van der Waals surface area contributed by atoms with E-state index in [1.807, 2.05) is 11.3 Å². The number of hydrogen-bond acceptors (Lipinski definition) is 2. The van der Waals surface area contributed by atoms with Crippen molar-refractivity contribution < 1.29 is 4.39 Å². The van der Waals surface area contributed by atoms with Crippen molar-refractivity contribution in [1.29, 1.82) is 0 Å². The maximum Gasteiger partial charge on any atom is 0.125 e. The van der Waals surface area contributed by atoms with Crippen molar-refractivity contribution in [2.45, 2.75) is 27.2 Å². The van der Waals surface area contributed by atoms with Gasteiger partial charge in [-0.15, -0.1) is 22.7 Å².